The van der Waals surface area contributed by atoms with E-state index in [9.17, 15) is 4.79 Å². The SMILES string of the molecule is CC(N)(C(=O)Nc1cnc(Br)cn1)c1ccccc1. The van der Waals surface area contributed by atoms with Gasteiger partial charge in [-0.15, -0.1) is 0 Å². The van der Waals surface area contributed by atoms with E-state index in [0.29, 0.717) is 10.4 Å². The van der Waals surface area contributed by atoms with Crippen LogP contribution in [0.5, 0.6) is 0 Å². The van der Waals surface area contributed by atoms with Crippen molar-refractivity contribution in [1.29, 1.82) is 0 Å². The molecule has 0 aliphatic carbocycles. The van der Waals surface area contributed by atoms with Crippen LogP contribution in [-0.4, -0.2) is 15.9 Å². The summed E-state index contributed by atoms with van der Waals surface area (Å²) in [7, 11) is 0. The van der Waals surface area contributed by atoms with Crippen LogP contribution < -0.4 is 11.1 Å². The largest absolute Gasteiger partial charge is 0.314 e. The van der Waals surface area contributed by atoms with Crippen LogP contribution in [-0.2, 0) is 10.3 Å². The molecule has 1 unspecified atom stereocenters. The van der Waals surface area contributed by atoms with E-state index in [1.54, 1.807) is 6.92 Å². The third-order valence-electron chi connectivity index (χ3n) is 2.71. The van der Waals surface area contributed by atoms with Gasteiger partial charge in [-0.3, -0.25) is 4.79 Å². The summed E-state index contributed by atoms with van der Waals surface area (Å²) < 4.78 is 0.601. The lowest BCUT2D eigenvalue weighted by molar-refractivity contribution is -0.120. The van der Waals surface area contributed by atoms with Crippen LogP contribution in [0.1, 0.15) is 12.5 Å². The summed E-state index contributed by atoms with van der Waals surface area (Å²) in [6.07, 6.45) is 2.97. The fourth-order valence-electron chi connectivity index (χ4n) is 1.54. The van der Waals surface area contributed by atoms with E-state index in [1.807, 2.05) is 30.3 Å². The summed E-state index contributed by atoms with van der Waals surface area (Å²) in [4.78, 5) is 20.2. The molecule has 0 aliphatic rings. The smallest absolute Gasteiger partial charge is 0.249 e. The molecule has 0 fully saturated rings. The van der Waals surface area contributed by atoms with E-state index >= 15 is 0 Å². The number of carbonyl (C=O) groups is 1. The molecule has 0 saturated carbocycles. The summed E-state index contributed by atoms with van der Waals surface area (Å²) in [5, 5.41) is 2.65. The number of hydrogen-bond donors (Lipinski definition) is 2. The second kappa shape index (κ2) is 5.46. The Bertz CT molecular complexity index is 569. The number of nitrogens with two attached hydrogens (primary N) is 1. The molecule has 1 aromatic carbocycles. The van der Waals surface area contributed by atoms with E-state index < -0.39 is 5.54 Å². The summed E-state index contributed by atoms with van der Waals surface area (Å²) in [6, 6.07) is 9.18. The van der Waals surface area contributed by atoms with E-state index in [2.05, 4.69) is 31.2 Å². The van der Waals surface area contributed by atoms with Crippen LogP contribution in [0.3, 0.4) is 0 Å². The third-order valence-corrected chi connectivity index (χ3v) is 3.12. The molecule has 2 rings (SSSR count). The molecule has 6 heteroatoms. The van der Waals surface area contributed by atoms with E-state index in [-0.39, 0.29) is 5.91 Å². The number of hydrogen-bond acceptors (Lipinski definition) is 4. The van der Waals surface area contributed by atoms with Gasteiger partial charge in [0.2, 0.25) is 5.91 Å². The minimum absolute atomic E-state index is 0.338. The number of rotatable bonds is 3. The normalized spacial score (nSPS) is 13.6. The molecule has 1 atom stereocenters. The molecule has 1 heterocycles. The summed E-state index contributed by atoms with van der Waals surface area (Å²) in [5.41, 5.74) is 5.69. The van der Waals surface area contributed by atoms with Gasteiger partial charge in [-0.05, 0) is 28.4 Å². The quantitative estimate of drug-likeness (QED) is 0.907. The Balaban J connectivity index is 2.17. The van der Waals surface area contributed by atoms with E-state index in [0.717, 1.165) is 5.56 Å². The number of benzene rings is 1. The minimum Gasteiger partial charge on any atom is -0.314 e. The van der Waals surface area contributed by atoms with Crippen LogP contribution in [0.25, 0.3) is 0 Å². The second-order valence-corrected chi connectivity index (χ2v) is 5.06. The molecular weight excluding hydrogens is 308 g/mol. The second-order valence-electron chi connectivity index (χ2n) is 4.25. The van der Waals surface area contributed by atoms with Gasteiger partial charge in [0.25, 0.3) is 0 Å². The van der Waals surface area contributed by atoms with Crippen molar-refractivity contribution in [2.45, 2.75) is 12.5 Å². The molecule has 98 valence electrons. The summed E-state index contributed by atoms with van der Waals surface area (Å²) in [6.45, 7) is 1.66. The minimum atomic E-state index is -1.13. The van der Waals surface area contributed by atoms with Gasteiger partial charge in [0.05, 0.1) is 12.4 Å². The molecule has 1 amide bonds. The Labute approximate surface area is 119 Å². The van der Waals surface area contributed by atoms with Crippen LogP contribution >= 0.6 is 15.9 Å². The standard InChI is InChI=1S/C13H13BrN4O/c1-13(15,9-5-3-2-4-6-9)12(19)18-11-8-16-10(14)7-17-11/h2-8H,15H2,1H3,(H,17,18,19). The number of nitrogens with one attached hydrogen (secondary N) is 1. The summed E-state index contributed by atoms with van der Waals surface area (Å²) in [5.74, 6) is 0.0242. The number of amides is 1. The fraction of sp³-hybridized carbons (Fsp3) is 0.154. The summed E-state index contributed by atoms with van der Waals surface area (Å²) >= 11 is 3.18. The highest BCUT2D eigenvalue weighted by Gasteiger charge is 2.30. The van der Waals surface area contributed by atoms with Gasteiger partial charge < -0.3 is 11.1 Å². The highest BCUT2D eigenvalue weighted by atomic mass is 79.9. The van der Waals surface area contributed by atoms with Gasteiger partial charge in [-0.1, -0.05) is 30.3 Å². The molecule has 0 radical (unpaired) electrons. The monoisotopic (exact) mass is 320 g/mol. The Morgan fingerprint density at radius 1 is 1.26 bits per heavy atom. The molecule has 19 heavy (non-hydrogen) atoms. The molecule has 2 aromatic rings. The maximum absolute atomic E-state index is 12.2. The molecule has 5 nitrogen and oxygen atoms in total. The Hall–Kier alpha value is -1.79. The predicted octanol–water partition coefficient (Wildman–Crippen LogP) is 2.05. The zero-order valence-corrected chi connectivity index (χ0v) is 11.9. The average molecular weight is 321 g/mol. The van der Waals surface area contributed by atoms with Crippen molar-refractivity contribution in [2.75, 3.05) is 5.32 Å². The molecule has 0 saturated heterocycles. The van der Waals surface area contributed by atoms with Crippen molar-refractivity contribution in [3.63, 3.8) is 0 Å². The first kappa shape index (κ1) is 13.6. The molecule has 1 aromatic heterocycles. The first-order chi connectivity index (χ1) is 9.00. The van der Waals surface area contributed by atoms with Crippen molar-refractivity contribution in [3.8, 4) is 0 Å². The highest BCUT2D eigenvalue weighted by Crippen LogP contribution is 2.19. The van der Waals surface area contributed by atoms with Crippen LogP contribution in [0.2, 0.25) is 0 Å². The maximum atomic E-state index is 12.2. The van der Waals surface area contributed by atoms with Gasteiger partial charge in [0.15, 0.2) is 5.82 Å². The van der Waals surface area contributed by atoms with E-state index in [1.165, 1.54) is 12.4 Å². The molecule has 0 spiro atoms. The van der Waals surface area contributed by atoms with Gasteiger partial charge >= 0.3 is 0 Å². The van der Waals surface area contributed by atoms with Crippen molar-refractivity contribution in [3.05, 3.63) is 52.9 Å². The zero-order chi connectivity index (χ0) is 13.9. The first-order valence-corrected chi connectivity index (χ1v) is 6.43. The number of nitrogens with zero attached hydrogens (tertiary/aromatic N) is 2. The van der Waals surface area contributed by atoms with Gasteiger partial charge in [0, 0.05) is 0 Å². The lowest BCUT2D eigenvalue weighted by Crippen LogP contribution is -2.45. The predicted molar refractivity (Wildman–Crippen MR) is 76.3 cm³/mol. The van der Waals surface area contributed by atoms with Crippen LogP contribution in [0.15, 0.2) is 47.3 Å². The van der Waals surface area contributed by atoms with Crippen molar-refractivity contribution >= 4 is 27.7 Å². The molecular formula is C13H13BrN4O. The van der Waals surface area contributed by atoms with Crippen LogP contribution in [0.4, 0.5) is 5.82 Å². The first-order valence-electron chi connectivity index (χ1n) is 5.63. The highest BCUT2D eigenvalue weighted by molar-refractivity contribution is 9.10. The fourth-order valence-corrected chi connectivity index (χ4v) is 1.74. The Morgan fingerprint density at radius 2 is 1.95 bits per heavy atom. The van der Waals surface area contributed by atoms with Crippen LogP contribution in [0, 0.1) is 0 Å². The third kappa shape index (κ3) is 3.15. The lowest BCUT2D eigenvalue weighted by atomic mass is 9.92. The Kier molecular flexibility index (Phi) is 3.92. The molecule has 3 N–H and O–H groups in total. The molecule has 0 aliphatic heterocycles. The van der Waals surface area contributed by atoms with Gasteiger partial charge in [-0.25, -0.2) is 9.97 Å². The topological polar surface area (TPSA) is 80.9 Å². The zero-order valence-electron chi connectivity index (χ0n) is 10.3. The van der Waals surface area contributed by atoms with Crippen molar-refractivity contribution < 1.29 is 4.79 Å². The number of aromatic nitrogens is 2. The number of halogens is 1. The van der Waals surface area contributed by atoms with Gasteiger partial charge in [0.1, 0.15) is 10.1 Å². The lowest BCUT2D eigenvalue weighted by Gasteiger charge is -2.23. The van der Waals surface area contributed by atoms with Crippen molar-refractivity contribution in [1.82, 2.24) is 9.97 Å². The molecule has 0 bridgehead atoms. The number of carbonyl (C=O) groups excluding carboxylic acids is 1. The average Bonchev–Trinajstić information content (AvgIpc) is 2.42. The number of anilines is 1. The maximum Gasteiger partial charge on any atom is 0.249 e. The van der Waals surface area contributed by atoms with Crippen molar-refractivity contribution in [2.24, 2.45) is 5.73 Å². The van der Waals surface area contributed by atoms with E-state index in [4.69, 9.17) is 5.73 Å². The Morgan fingerprint density at radius 3 is 2.53 bits per heavy atom. The van der Waals surface area contributed by atoms with Gasteiger partial charge in [-0.2, -0.15) is 0 Å².